The van der Waals surface area contributed by atoms with Gasteiger partial charge in [-0.25, -0.2) is 5.43 Å². The normalized spacial score (nSPS) is 11.3. The maximum atomic E-state index is 11.9. The van der Waals surface area contributed by atoms with Crippen LogP contribution in [0.5, 0.6) is 0 Å². The van der Waals surface area contributed by atoms with Crippen molar-refractivity contribution in [1.82, 2.24) is 5.43 Å². The number of nitrogens with two attached hydrogens (primary N) is 1. The third kappa shape index (κ3) is 3.97. The Morgan fingerprint density at radius 1 is 1.05 bits per heavy atom. The van der Waals surface area contributed by atoms with Crippen LogP contribution in [0.3, 0.4) is 0 Å². The number of hydrogen-bond donors (Lipinski definition) is 2. The monoisotopic (exact) mass is 321 g/mol. The number of anilines is 1. The number of hydrazone groups is 1. The van der Waals surface area contributed by atoms with Crippen molar-refractivity contribution in [2.45, 2.75) is 6.92 Å². The van der Waals surface area contributed by atoms with Crippen LogP contribution >= 0.6 is 23.2 Å². The molecule has 1 amide bonds. The van der Waals surface area contributed by atoms with Gasteiger partial charge in [0.25, 0.3) is 5.91 Å². The van der Waals surface area contributed by atoms with Gasteiger partial charge >= 0.3 is 0 Å². The Morgan fingerprint density at radius 2 is 1.67 bits per heavy atom. The second-order valence-electron chi connectivity index (χ2n) is 4.39. The number of carbonyl (C=O) groups is 1. The number of nitrogen functional groups attached to an aromatic ring is 1. The fourth-order valence-corrected chi connectivity index (χ4v) is 1.92. The predicted molar refractivity (Wildman–Crippen MR) is 87.0 cm³/mol. The van der Waals surface area contributed by atoms with E-state index in [0.29, 0.717) is 27.0 Å². The first-order chi connectivity index (χ1) is 9.97. The van der Waals surface area contributed by atoms with E-state index in [1.165, 1.54) is 0 Å². The second-order valence-corrected chi connectivity index (χ2v) is 5.20. The van der Waals surface area contributed by atoms with Gasteiger partial charge < -0.3 is 5.73 Å². The highest BCUT2D eigenvalue weighted by Crippen LogP contribution is 2.22. The van der Waals surface area contributed by atoms with E-state index in [-0.39, 0.29) is 5.91 Å². The molecule has 0 aliphatic carbocycles. The quantitative estimate of drug-likeness (QED) is 0.514. The zero-order valence-electron chi connectivity index (χ0n) is 11.2. The lowest BCUT2D eigenvalue weighted by molar-refractivity contribution is 0.0955. The summed E-state index contributed by atoms with van der Waals surface area (Å²) in [7, 11) is 0. The minimum atomic E-state index is -0.311. The number of halogens is 2. The lowest BCUT2D eigenvalue weighted by Crippen LogP contribution is -2.19. The summed E-state index contributed by atoms with van der Waals surface area (Å²) in [5.74, 6) is -0.311. The standard InChI is InChI=1S/C15H13Cl2N3O/c1-9(11-4-7-13(16)14(17)8-11)19-20-15(21)10-2-5-12(18)6-3-10/h2-8H,18H2,1H3,(H,20,21)/b19-9-. The Hall–Kier alpha value is -2.04. The summed E-state index contributed by atoms with van der Waals surface area (Å²) in [4.78, 5) is 11.9. The third-order valence-corrected chi connectivity index (χ3v) is 3.57. The first kappa shape index (κ1) is 15.4. The van der Waals surface area contributed by atoms with Crippen molar-refractivity contribution in [1.29, 1.82) is 0 Å². The minimum Gasteiger partial charge on any atom is -0.399 e. The summed E-state index contributed by atoms with van der Waals surface area (Å²) < 4.78 is 0. The number of nitrogens with one attached hydrogen (secondary N) is 1. The van der Waals surface area contributed by atoms with Gasteiger partial charge in [-0.3, -0.25) is 4.79 Å². The molecular weight excluding hydrogens is 309 g/mol. The van der Waals surface area contributed by atoms with Gasteiger partial charge in [-0.1, -0.05) is 29.3 Å². The maximum Gasteiger partial charge on any atom is 0.271 e. The van der Waals surface area contributed by atoms with Crippen LogP contribution < -0.4 is 11.2 Å². The molecule has 4 nitrogen and oxygen atoms in total. The summed E-state index contributed by atoms with van der Waals surface area (Å²) in [5, 5.41) is 4.96. The molecule has 0 saturated heterocycles. The summed E-state index contributed by atoms with van der Waals surface area (Å²) in [5.41, 5.74) is 10.5. The van der Waals surface area contributed by atoms with E-state index in [1.807, 2.05) is 0 Å². The van der Waals surface area contributed by atoms with Crippen molar-refractivity contribution in [3.63, 3.8) is 0 Å². The Balaban J connectivity index is 2.10. The Morgan fingerprint density at radius 3 is 2.29 bits per heavy atom. The highest BCUT2D eigenvalue weighted by atomic mass is 35.5. The lowest BCUT2D eigenvalue weighted by atomic mass is 10.1. The molecule has 2 aromatic carbocycles. The average molecular weight is 322 g/mol. The molecule has 0 fully saturated rings. The topological polar surface area (TPSA) is 67.5 Å². The first-order valence-corrected chi connectivity index (χ1v) is 6.88. The van der Waals surface area contributed by atoms with Crippen LogP contribution in [0.1, 0.15) is 22.8 Å². The number of carbonyl (C=O) groups excluding carboxylic acids is 1. The molecule has 2 rings (SSSR count). The highest BCUT2D eigenvalue weighted by Gasteiger charge is 2.06. The number of nitrogens with zero attached hydrogens (tertiary/aromatic N) is 1. The average Bonchev–Trinajstić information content (AvgIpc) is 2.48. The molecular formula is C15H13Cl2N3O. The minimum absolute atomic E-state index is 0.311. The summed E-state index contributed by atoms with van der Waals surface area (Å²) in [6, 6.07) is 11.7. The Bertz CT molecular complexity index is 697. The van der Waals surface area contributed by atoms with E-state index in [2.05, 4.69) is 10.5 Å². The predicted octanol–water partition coefficient (Wildman–Crippen LogP) is 3.73. The van der Waals surface area contributed by atoms with Gasteiger partial charge in [0, 0.05) is 11.3 Å². The fourth-order valence-electron chi connectivity index (χ4n) is 1.62. The van der Waals surface area contributed by atoms with Gasteiger partial charge in [-0.05, 0) is 48.9 Å². The van der Waals surface area contributed by atoms with Crippen molar-refractivity contribution in [2.75, 3.05) is 5.73 Å². The lowest BCUT2D eigenvalue weighted by Gasteiger charge is -2.04. The Kier molecular flexibility index (Phi) is 4.83. The molecule has 0 atom stereocenters. The molecule has 0 heterocycles. The molecule has 0 bridgehead atoms. The van der Waals surface area contributed by atoms with E-state index in [9.17, 15) is 4.79 Å². The Labute approximate surface area is 132 Å². The van der Waals surface area contributed by atoms with E-state index < -0.39 is 0 Å². The first-order valence-electron chi connectivity index (χ1n) is 6.13. The fraction of sp³-hybridized carbons (Fsp3) is 0.0667. The maximum absolute atomic E-state index is 11.9. The van der Waals surface area contributed by atoms with Crippen LogP contribution in [0.15, 0.2) is 47.6 Å². The zero-order chi connectivity index (χ0) is 15.4. The SMILES string of the molecule is C/C(=N/NC(=O)c1ccc(N)cc1)c1ccc(Cl)c(Cl)c1. The van der Waals surface area contributed by atoms with Crippen molar-refractivity contribution >= 4 is 40.5 Å². The van der Waals surface area contributed by atoms with Gasteiger partial charge in [0.2, 0.25) is 0 Å². The van der Waals surface area contributed by atoms with Crippen LogP contribution in [0.4, 0.5) is 5.69 Å². The van der Waals surface area contributed by atoms with E-state index in [4.69, 9.17) is 28.9 Å². The number of hydrogen-bond acceptors (Lipinski definition) is 3. The second kappa shape index (κ2) is 6.61. The van der Waals surface area contributed by atoms with Crippen molar-refractivity contribution in [2.24, 2.45) is 5.10 Å². The van der Waals surface area contributed by atoms with Crippen LogP contribution in [0.2, 0.25) is 10.0 Å². The molecule has 6 heteroatoms. The van der Waals surface area contributed by atoms with Crippen LogP contribution in [-0.2, 0) is 0 Å². The van der Waals surface area contributed by atoms with Gasteiger partial charge in [0.1, 0.15) is 0 Å². The van der Waals surface area contributed by atoms with Crippen molar-refractivity contribution in [3.8, 4) is 0 Å². The molecule has 0 saturated carbocycles. The zero-order valence-corrected chi connectivity index (χ0v) is 12.7. The molecule has 0 aromatic heterocycles. The van der Waals surface area contributed by atoms with E-state index >= 15 is 0 Å². The van der Waals surface area contributed by atoms with Gasteiger partial charge in [-0.15, -0.1) is 0 Å². The van der Waals surface area contributed by atoms with Crippen LogP contribution in [0, 0.1) is 0 Å². The third-order valence-electron chi connectivity index (χ3n) is 2.84. The smallest absolute Gasteiger partial charge is 0.271 e. The van der Waals surface area contributed by atoms with Crippen molar-refractivity contribution < 1.29 is 4.79 Å². The summed E-state index contributed by atoms with van der Waals surface area (Å²) >= 11 is 11.8. The number of amides is 1. The number of benzene rings is 2. The summed E-state index contributed by atoms with van der Waals surface area (Å²) in [6.45, 7) is 1.77. The molecule has 2 aromatic rings. The summed E-state index contributed by atoms with van der Waals surface area (Å²) in [6.07, 6.45) is 0. The molecule has 21 heavy (non-hydrogen) atoms. The molecule has 0 aliphatic heterocycles. The number of rotatable bonds is 3. The largest absolute Gasteiger partial charge is 0.399 e. The van der Waals surface area contributed by atoms with E-state index in [1.54, 1.807) is 49.4 Å². The van der Waals surface area contributed by atoms with Gasteiger partial charge in [0.15, 0.2) is 0 Å². The molecule has 0 radical (unpaired) electrons. The van der Waals surface area contributed by atoms with Gasteiger partial charge in [0.05, 0.1) is 15.8 Å². The van der Waals surface area contributed by atoms with Crippen molar-refractivity contribution in [3.05, 3.63) is 63.6 Å². The molecule has 0 aliphatic rings. The molecule has 108 valence electrons. The molecule has 0 spiro atoms. The highest BCUT2D eigenvalue weighted by molar-refractivity contribution is 6.42. The van der Waals surface area contributed by atoms with Gasteiger partial charge in [-0.2, -0.15) is 5.10 Å². The van der Waals surface area contributed by atoms with Crippen LogP contribution in [0.25, 0.3) is 0 Å². The molecule has 3 N–H and O–H groups in total. The van der Waals surface area contributed by atoms with Crippen LogP contribution in [-0.4, -0.2) is 11.6 Å². The van der Waals surface area contributed by atoms with E-state index in [0.717, 1.165) is 5.56 Å². The molecule has 0 unspecified atom stereocenters.